The monoisotopic (exact) mass is 373 g/mol. The third-order valence-corrected chi connectivity index (χ3v) is 5.44. The van der Waals surface area contributed by atoms with Crippen LogP contribution in [0.15, 0.2) is 76.9 Å². The molecule has 3 aromatic rings. The standard InChI is InChI=1S/C22H19N3OS/c1-16-9-11-17(12-10-16)13-23-24-22-25(21(26)15-27-22)14-19-7-4-6-18-5-2-3-8-20(18)19/h2-13H,14-15H2,1H3/b23-13-,24-22+. The van der Waals surface area contributed by atoms with Gasteiger partial charge in [0.15, 0.2) is 5.17 Å². The van der Waals surface area contributed by atoms with Crippen LogP contribution in [-0.4, -0.2) is 27.9 Å². The SMILES string of the molecule is Cc1ccc(/C=N\N=C2\SCC(=O)N2Cc2cccc3ccccc23)cc1. The van der Waals surface area contributed by atoms with Crippen LogP contribution in [0.3, 0.4) is 0 Å². The summed E-state index contributed by atoms with van der Waals surface area (Å²) in [5.41, 5.74) is 3.30. The maximum atomic E-state index is 12.4. The Kier molecular flexibility index (Phi) is 5.03. The lowest BCUT2D eigenvalue weighted by Gasteiger charge is -2.16. The Morgan fingerprint density at radius 1 is 1.04 bits per heavy atom. The molecule has 4 rings (SSSR count). The van der Waals surface area contributed by atoms with E-state index in [0.29, 0.717) is 17.5 Å². The van der Waals surface area contributed by atoms with Gasteiger partial charge in [-0.1, -0.05) is 84.1 Å². The van der Waals surface area contributed by atoms with E-state index in [1.807, 2.05) is 49.4 Å². The predicted octanol–water partition coefficient (Wildman–Crippen LogP) is 4.61. The van der Waals surface area contributed by atoms with E-state index in [1.54, 1.807) is 11.1 Å². The molecule has 0 N–H and O–H groups in total. The van der Waals surface area contributed by atoms with Gasteiger partial charge in [-0.2, -0.15) is 5.10 Å². The molecule has 5 heteroatoms. The number of rotatable bonds is 4. The Bertz CT molecular complexity index is 1040. The number of hydrogen-bond acceptors (Lipinski definition) is 4. The lowest BCUT2D eigenvalue weighted by Crippen LogP contribution is -2.28. The topological polar surface area (TPSA) is 45.0 Å². The highest BCUT2D eigenvalue weighted by molar-refractivity contribution is 8.15. The molecule has 4 nitrogen and oxygen atoms in total. The molecule has 0 aliphatic carbocycles. The van der Waals surface area contributed by atoms with Crippen LogP contribution in [-0.2, 0) is 11.3 Å². The zero-order valence-electron chi connectivity index (χ0n) is 15.0. The van der Waals surface area contributed by atoms with Crippen molar-refractivity contribution in [2.75, 3.05) is 5.75 Å². The molecule has 1 amide bonds. The molecule has 1 heterocycles. The summed E-state index contributed by atoms with van der Waals surface area (Å²) in [6, 6.07) is 22.5. The van der Waals surface area contributed by atoms with Crippen molar-refractivity contribution in [1.29, 1.82) is 0 Å². The average molecular weight is 373 g/mol. The van der Waals surface area contributed by atoms with Gasteiger partial charge in [0.25, 0.3) is 0 Å². The molecule has 0 spiro atoms. The molecular weight excluding hydrogens is 354 g/mol. The van der Waals surface area contributed by atoms with Crippen LogP contribution in [0.4, 0.5) is 0 Å². The summed E-state index contributed by atoms with van der Waals surface area (Å²) in [6.45, 7) is 2.55. The van der Waals surface area contributed by atoms with Gasteiger partial charge in [-0.05, 0) is 28.8 Å². The van der Waals surface area contributed by atoms with Crippen LogP contribution in [0.5, 0.6) is 0 Å². The predicted molar refractivity (Wildman–Crippen MR) is 113 cm³/mol. The number of hydrogen-bond donors (Lipinski definition) is 0. The first-order chi connectivity index (χ1) is 13.2. The molecule has 134 valence electrons. The summed E-state index contributed by atoms with van der Waals surface area (Å²) < 4.78 is 0. The smallest absolute Gasteiger partial charge is 0.239 e. The number of carbonyl (C=O) groups is 1. The van der Waals surface area contributed by atoms with Crippen molar-refractivity contribution in [3.8, 4) is 0 Å². The first kappa shape index (κ1) is 17.5. The minimum absolute atomic E-state index is 0.0669. The van der Waals surface area contributed by atoms with Gasteiger partial charge in [-0.3, -0.25) is 9.69 Å². The Balaban J connectivity index is 1.57. The first-order valence-corrected chi connectivity index (χ1v) is 9.77. The fourth-order valence-corrected chi connectivity index (χ4v) is 3.86. The summed E-state index contributed by atoms with van der Waals surface area (Å²) in [5, 5.41) is 11.5. The minimum Gasteiger partial charge on any atom is -0.285 e. The lowest BCUT2D eigenvalue weighted by atomic mass is 10.0. The van der Waals surface area contributed by atoms with Crippen molar-refractivity contribution < 1.29 is 4.79 Å². The summed E-state index contributed by atoms with van der Waals surface area (Å²) in [5.74, 6) is 0.473. The van der Waals surface area contributed by atoms with Gasteiger partial charge in [-0.15, -0.1) is 5.10 Å². The number of thioether (sulfide) groups is 1. The Labute approximate surface area is 162 Å². The van der Waals surface area contributed by atoms with E-state index >= 15 is 0 Å². The van der Waals surface area contributed by atoms with Crippen molar-refractivity contribution in [3.63, 3.8) is 0 Å². The normalized spacial score (nSPS) is 16.1. The molecular formula is C22H19N3OS. The molecule has 1 saturated heterocycles. The fraction of sp³-hybridized carbons (Fsp3) is 0.136. The number of amides is 1. The molecule has 1 aliphatic rings. The number of carbonyl (C=O) groups excluding carboxylic acids is 1. The van der Waals surface area contributed by atoms with Crippen molar-refractivity contribution in [2.24, 2.45) is 10.2 Å². The van der Waals surface area contributed by atoms with E-state index in [-0.39, 0.29) is 5.91 Å². The lowest BCUT2D eigenvalue weighted by molar-refractivity contribution is -0.124. The Morgan fingerprint density at radius 2 is 1.81 bits per heavy atom. The molecule has 0 unspecified atom stereocenters. The van der Waals surface area contributed by atoms with E-state index < -0.39 is 0 Å². The number of aryl methyl sites for hydroxylation is 1. The summed E-state index contributed by atoms with van der Waals surface area (Å²) >= 11 is 1.43. The third kappa shape index (κ3) is 3.93. The first-order valence-electron chi connectivity index (χ1n) is 8.78. The summed E-state index contributed by atoms with van der Waals surface area (Å²) in [4.78, 5) is 14.1. The number of fused-ring (bicyclic) bond motifs is 1. The Hall–Kier alpha value is -2.92. The molecule has 0 aromatic heterocycles. The fourth-order valence-electron chi connectivity index (χ4n) is 3.03. The number of nitrogens with zero attached hydrogens (tertiary/aromatic N) is 3. The molecule has 3 aromatic carbocycles. The number of amidine groups is 1. The van der Waals surface area contributed by atoms with Gasteiger partial charge in [-0.25, -0.2) is 0 Å². The van der Waals surface area contributed by atoms with E-state index in [4.69, 9.17) is 0 Å². The van der Waals surface area contributed by atoms with Crippen LogP contribution in [0.2, 0.25) is 0 Å². The van der Waals surface area contributed by atoms with Gasteiger partial charge in [0, 0.05) is 0 Å². The molecule has 1 aliphatic heterocycles. The highest BCUT2D eigenvalue weighted by Crippen LogP contribution is 2.25. The van der Waals surface area contributed by atoms with Gasteiger partial charge in [0.1, 0.15) is 0 Å². The highest BCUT2D eigenvalue weighted by atomic mass is 32.2. The van der Waals surface area contributed by atoms with Crippen LogP contribution in [0.25, 0.3) is 10.8 Å². The number of benzene rings is 3. The zero-order valence-corrected chi connectivity index (χ0v) is 15.8. The van der Waals surface area contributed by atoms with Crippen molar-refractivity contribution in [2.45, 2.75) is 13.5 Å². The molecule has 1 fully saturated rings. The average Bonchev–Trinajstić information content (AvgIpc) is 3.03. The third-order valence-electron chi connectivity index (χ3n) is 4.49. The van der Waals surface area contributed by atoms with Gasteiger partial charge in [0.05, 0.1) is 18.5 Å². The van der Waals surface area contributed by atoms with Gasteiger partial charge < -0.3 is 0 Å². The largest absolute Gasteiger partial charge is 0.285 e. The van der Waals surface area contributed by atoms with Gasteiger partial charge in [0.2, 0.25) is 5.91 Å². The van der Waals surface area contributed by atoms with Gasteiger partial charge >= 0.3 is 0 Å². The second kappa shape index (κ2) is 7.76. The molecule has 0 saturated carbocycles. The van der Waals surface area contributed by atoms with E-state index in [0.717, 1.165) is 16.5 Å². The highest BCUT2D eigenvalue weighted by Gasteiger charge is 2.28. The minimum atomic E-state index is 0.0669. The van der Waals surface area contributed by atoms with Crippen LogP contribution in [0.1, 0.15) is 16.7 Å². The van der Waals surface area contributed by atoms with Crippen molar-refractivity contribution in [3.05, 3.63) is 83.4 Å². The second-order valence-corrected chi connectivity index (χ2v) is 7.39. The van der Waals surface area contributed by atoms with Crippen molar-refractivity contribution >= 4 is 39.8 Å². The maximum absolute atomic E-state index is 12.4. The van der Waals surface area contributed by atoms with E-state index in [1.165, 1.54) is 22.7 Å². The molecule has 0 radical (unpaired) electrons. The van der Waals surface area contributed by atoms with E-state index in [9.17, 15) is 4.79 Å². The van der Waals surface area contributed by atoms with E-state index in [2.05, 4.69) is 34.5 Å². The summed E-state index contributed by atoms with van der Waals surface area (Å²) in [7, 11) is 0. The molecule has 27 heavy (non-hydrogen) atoms. The Morgan fingerprint density at radius 3 is 2.67 bits per heavy atom. The molecule has 0 bridgehead atoms. The summed E-state index contributed by atoms with van der Waals surface area (Å²) in [6.07, 6.45) is 1.71. The zero-order chi connectivity index (χ0) is 18.6. The second-order valence-electron chi connectivity index (χ2n) is 6.44. The van der Waals surface area contributed by atoms with Crippen LogP contribution < -0.4 is 0 Å². The van der Waals surface area contributed by atoms with Crippen LogP contribution in [0, 0.1) is 6.92 Å². The quantitative estimate of drug-likeness (QED) is 0.495. The van der Waals surface area contributed by atoms with Crippen LogP contribution >= 0.6 is 11.8 Å². The molecule has 0 atom stereocenters. The maximum Gasteiger partial charge on any atom is 0.239 e. The van der Waals surface area contributed by atoms with Crippen molar-refractivity contribution in [1.82, 2.24) is 4.90 Å².